The number of hydrogen-bond donors (Lipinski definition) is 0. The molecule has 19 heavy (non-hydrogen) atoms. The van der Waals surface area contributed by atoms with E-state index in [-0.39, 0.29) is 10.4 Å². The molecule has 0 spiro atoms. The van der Waals surface area contributed by atoms with Crippen LogP contribution in [0.4, 0.5) is 12.3 Å². The van der Waals surface area contributed by atoms with Crippen molar-refractivity contribution in [1.82, 2.24) is 0 Å². The van der Waals surface area contributed by atoms with Crippen molar-refractivity contribution in [3.8, 4) is 0 Å². The molecule has 0 saturated heterocycles. The average molecular weight is 319 g/mol. The summed E-state index contributed by atoms with van der Waals surface area (Å²) in [7, 11) is -9.96. The van der Waals surface area contributed by atoms with E-state index in [0.29, 0.717) is 0 Å². The summed E-state index contributed by atoms with van der Waals surface area (Å²) in [6.45, 7) is 0. The summed E-state index contributed by atoms with van der Waals surface area (Å²) in [5, 5.41) is -0.305. The van der Waals surface area contributed by atoms with Crippen LogP contribution in [0, 0.1) is 0 Å². The van der Waals surface area contributed by atoms with E-state index in [0.717, 1.165) is 0 Å². The number of halogens is 4. The van der Waals surface area contributed by atoms with Crippen LogP contribution in [0.15, 0.2) is 60.7 Å². The van der Waals surface area contributed by atoms with Crippen molar-refractivity contribution in [2.75, 3.05) is 0 Å². The monoisotopic (exact) mass is 318 g/mol. The van der Waals surface area contributed by atoms with Gasteiger partial charge < -0.3 is 4.12 Å². The van der Waals surface area contributed by atoms with Crippen molar-refractivity contribution in [2.24, 2.45) is 0 Å². The molecule has 0 radical (unpaired) electrons. The highest BCUT2D eigenvalue weighted by Gasteiger charge is 2.52. The van der Waals surface area contributed by atoms with Gasteiger partial charge in [0.25, 0.3) is 0 Å². The first-order chi connectivity index (χ1) is 8.92. The molecule has 0 saturated carbocycles. The van der Waals surface area contributed by atoms with Crippen molar-refractivity contribution >= 4 is 38.4 Å². The highest BCUT2D eigenvalue weighted by Crippen LogP contribution is 2.21. The zero-order valence-corrected chi connectivity index (χ0v) is 12.4. The summed E-state index contributed by atoms with van der Waals surface area (Å²) in [4.78, 5) is 0. The highest BCUT2D eigenvalue weighted by molar-refractivity contribution is 7.22. The Morgan fingerprint density at radius 3 is 1.63 bits per heavy atom. The maximum Gasteiger partial charge on any atom is 0.606 e. The molecular weight excluding hydrogens is 309 g/mol. The van der Waals surface area contributed by atoms with Crippen molar-refractivity contribution in [3.05, 3.63) is 60.7 Å². The molecule has 0 fully saturated rings. The SMILES string of the molecule is F[Si](F)(O[Si](F)(Cl)c1ccccc1)c1ccccc1. The van der Waals surface area contributed by atoms with Gasteiger partial charge in [0.15, 0.2) is 0 Å². The minimum Gasteiger partial charge on any atom is -0.366 e. The van der Waals surface area contributed by atoms with Crippen molar-refractivity contribution < 1.29 is 16.4 Å². The molecule has 1 atom stereocenters. The molecular formula is C12H10ClF3OSi2. The van der Waals surface area contributed by atoms with Gasteiger partial charge in [-0.25, -0.2) is 8.22 Å². The molecule has 0 aromatic heterocycles. The lowest BCUT2D eigenvalue weighted by atomic mass is 10.4. The molecule has 1 unspecified atom stereocenters. The van der Waals surface area contributed by atoms with Crippen LogP contribution in [-0.2, 0) is 4.12 Å². The average Bonchev–Trinajstić information content (AvgIpc) is 2.40. The fourth-order valence-corrected chi connectivity index (χ4v) is 6.18. The Kier molecular flexibility index (Phi) is 4.14. The predicted octanol–water partition coefficient (Wildman–Crippen LogP) is 2.84. The van der Waals surface area contributed by atoms with E-state index in [4.69, 9.17) is 11.1 Å². The molecule has 0 aliphatic rings. The van der Waals surface area contributed by atoms with Gasteiger partial charge in [0, 0.05) is 10.4 Å². The summed E-state index contributed by atoms with van der Waals surface area (Å²) in [5.41, 5.74) is 0. The zero-order chi connectivity index (χ0) is 13.9. The summed E-state index contributed by atoms with van der Waals surface area (Å²) < 4.78 is 46.6. The molecule has 0 bridgehead atoms. The summed E-state index contributed by atoms with van der Waals surface area (Å²) >= 11 is 5.60. The third-order valence-electron chi connectivity index (χ3n) is 2.48. The molecule has 1 nitrogen and oxygen atoms in total. The van der Waals surface area contributed by atoms with Crippen LogP contribution in [0.25, 0.3) is 0 Å². The first kappa shape index (κ1) is 14.3. The number of hydrogen-bond acceptors (Lipinski definition) is 1. The number of benzene rings is 2. The molecule has 7 heteroatoms. The van der Waals surface area contributed by atoms with E-state index < -0.39 is 16.9 Å². The van der Waals surface area contributed by atoms with Gasteiger partial charge >= 0.3 is 16.9 Å². The van der Waals surface area contributed by atoms with Crippen LogP contribution in [0.5, 0.6) is 0 Å². The molecule has 2 rings (SSSR count). The minimum atomic E-state index is -5.34. The quantitative estimate of drug-likeness (QED) is 0.622. The van der Waals surface area contributed by atoms with E-state index >= 15 is 0 Å². The fourth-order valence-electron chi connectivity index (χ4n) is 1.54. The second-order valence-corrected chi connectivity index (χ2v) is 9.36. The van der Waals surface area contributed by atoms with E-state index in [9.17, 15) is 12.3 Å². The van der Waals surface area contributed by atoms with Crippen LogP contribution < -0.4 is 10.4 Å². The Bertz CT molecular complexity index is 488. The maximum absolute atomic E-state index is 14.2. The molecule has 2 aromatic carbocycles. The van der Waals surface area contributed by atoms with Crippen LogP contribution in [-0.4, -0.2) is 16.9 Å². The molecule has 100 valence electrons. The smallest absolute Gasteiger partial charge is 0.366 e. The van der Waals surface area contributed by atoms with Gasteiger partial charge in [-0.05, 0) is 0 Å². The van der Waals surface area contributed by atoms with Gasteiger partial charge in [-0.1, -0.05) is 71.7 Å². The topological polar surface area (TPSA) is 9.23 Å². The Balaban J connectivity index is 2.25. The molecule has 0 aliphatic heterocycles. The summed E-state index contributed by atoms with van der Waals surface area (Å²) in [6.07, 6.45) is 0. The van der Waals surface area contributed by atoms with Gasteiger partial charge in [0.05, 0.1) is 0 Å². The van der Waals surface area contributed by atoms with Crippen LogP contribution in [0.1, 0.15) is 0 Å². The van der Waals surface area contributed by atoms with Crippen LogP contribution >= 0.6 is 11.1 Å². The first-order valence-corrected chi connectivity index (χ1v) is 9.95. The van der Waals surface area contributed by atoms with Crippen LogP contribution in [0.3, 0.4) is 0 Å². The van der Waals surface area contributed by atoms with Gasteiger partial charge in [0.1, 0.15) is 0 Å². The van der Waals surface area contributed by atoms with Crippen molar-refractivity contribution in [3.63, 3.8) is 0 Å². The molecule has 2 aromatic rings. The Labute approximate surface area is 116 Å². The zero-order valence-electron chi connectivity index (χ0n) is 9.69. The predicted molar refractivity (Wildman–Crippen MR) is 73.9 cm³/mol. The van der Waals surface area contributed by atoms with E-state index in [1.54, 1.807) is 12.1 Å². The van der Waals surface area contributed by atoms with Crippen molar-refractivity contribution in [2.45, 2.75) is 0 Å². The molecule has 0 amide bonds. The van der Waals surface area contributed by atoms with E-state index in [1.165, 1.54) is 48.5 Å². The molecule has 0 heterocycles. The number of rotatable bonds is 4. The Morgan fingerprint density at radius 2 is 1.16 bits per heavy atom. The third-order valence-corrected chi connectivity index (χ3v) is 7.89. The Hall–Kier alpha value is -1.09. The Morgan fingerprint density at radius 1 is 0.737 bits per heavy atom. The van der Waals surface area contributed by atoms with E-state index in [1.807, 2.05) is 0 Å². The minimum absolute atomic E-state index is 0.0141. The standard InChI is InChI=1S/C12H10ClF3OSi2/c13-18(14,11-7-3-1-4-8-11)17-19(15,16)12-9-5-2-6-10-12/h1-10H. The van der Waals surface area contributed by atoms with E-state index in [2.05, 4.69) is 4.12 Å². The lowest BCUT2D eigenvalue weighted by molar-refractivity contribution is 0.376. The largest absolute Gasteiger partial charge is 0.606 e. The van der Waals surface area contributed by atoms with Gasteiger partial charge in [-0.2, -0.15) is 0 Å². The second kappa shape index (κ2) is 5.50. The lowest BCUT2D eigenvalue weighted by Gasteiger charge is -2.21. The highest BCUT2D eigenvalue weighted by atomic mass is 35.6. The lowest BCUT2D eigenvalue weighted by Crippen LogP contribution is -2.54. The van der Waals surface area contributed by atoms with Crippen LogP contribution in [0.2, 0.25) is 0 Å². The molecule has 0 aliphatic carbocycles. The van der Waals surface area contributed by atoms with Crippen molar-refractivity contribution in [1.29, 1.82) is 0 Å². The first-order valence-electron chi connectivity index (χ1n) is 5.49. The fraction of sp³-hybridized carbons (Fsp3) is 0. The van der Waals surface area contributed by atoms with Gasteiger partial charge in [-0.15, -0.1) is 0 Å². The van der Waals surface area contributed by atoms with Gasteiger partial charge in [-0.3, -0.25) is 4.11 Å². The third kappa shape index (κ3) is 3.47. The van der Waals surface area contributed by atoms with Gasteiger partial charge in [0.2, 0.25) is 0 Å². The second-order valence-electron chi connectivity index (χ2n) is 3.87. The summed E-state index contributed by atoms with van der Waals surface area (Å²) in [5.74, 6) is 0. The molecule has 0 N–H and O–H groups in total. The summed E-state index contributed by atoms with van der Waals surface area (Å²) in [6, 6.07) is 14.4. The normalized spacial score (nSPS) is 14.9. The maximum atomic E-state index is 14.2.